The van der Waals surface area contributed by atoms with E-state index in [0.29, 0.717) is 19.1 Å². The zero-order valence-electron chi connectivity index (χ0n) is 16.9. The topological polar surface area (TPSA) is 47.6 Å². The van der Waals surface area contributed by atoms with Gasteiger partial charge in [0.05, 0.1) is 0 Å². The third kappa shape index (κ3) is 5.35. The molecule has 4 heteroatoms. The molecule has 1 fully saturated rings. The van der Waals surface area contributed by atoms with Gasteiger partial charge in [-0.1, -0.05) is 50.6 Å². The van der Waals surface area contributed by atoms with E-state index in [0.717, 1.165) is 49.1 Å². The lowest BCUT2D eigenvalue weighted by atomic mass is 9.78. The Labute approximate surface area is 168 Å². The third-order valence-corrected chi connectivity index (χ3v) is 5.31. The molecule has 0 spiro atoms. The lowest BCUT2D eigenvalue weighted by Crippen LogP contribution is -2.48. The molecule has 150 valence electrons. The summed E-state index contributed by atoms with van der Waals surface area (Å²) in [6.07, 6.45) is 4.69. The quantitative estimate of drug-likeness (QED) is 0.649. The zero-order valence-corrected chi connectivity index (χ0v) is 16.9. The second kappa shape index (κ2) is 9.74. The van der Waals surface area contributed by atoms with Crippen molar-refractivity contribution < 1.29 is 14.3 Å². The highest BCUT2D eigenvalue weighted by atomic mass is 16.5. The van der Waals surface area contributed by atoms with Crippen LogP contribution in [0.3, 0.4) is 0 Å². The maximum absolute atomic E-state index is 13.1. The fraction of sp³-hybridized carbons (Fsp3) is 0.458. The van der Waals surface area contributed by atoms with E-state index in [1.165, 1.54) is 0 Å². The normalized spacial score (nSPS) is 21.9. The molecule has 3 rings (SSSR count). The number of carbonyl (C=O) groups is 1. The van der Waals surface area contributed by atoms with Gasteiger partial charge in [-0.2, -0.15) is 0 Å². The van der Waals surface area contributed by atoms with E-state index in [4.69, 9.17) is 9.47 Å². The summed E-state index contributed by atoms with van der Waals surface area (Å²) in [5.74, 6) is 1.26. The Morgan fingerprint density at radius 1 is 1.14 bits per heavy atom. The molecule has 1 aliphatic carbocycles. The summed E-state index contributed by atoms with van der Waals surface area (Å²) in [5, 5.41) is 3.06. The Bertz CT molecular complexity index is 744. The van der Waals surface area contributed by atoms with Gasteiger partial charge in [-0.25, -0.2) is 0 Å². The number of anilines is 1. The number of carbonyl (C=O) groups excluding carboxylic acids is 1. The van der Waals surface area contributed by atoms with E-state index in [9.17, 15) is 4.79 Å². The smallest absolute Gasteiger partial charge is 0.256 e. The Kier molecular flexibility index (Phi) is 7.10. The van der Waals surface area contributed by atoms with E-state index in [-0.39, 0.29) is 5.91 Å². The van der Waals surface area contributed by atoms with E-state index in [2.05, 4.69) is 19.2 Å². The molecular weight excluding hydrogens is 350 g/mol. The largest absolute Gasteiger partial charge is 0.489 e. The molecular formula is C24H31NO3. The van der Waals surface area contributed by atoms with Crippen molar-refractivity contribution in [3.8, 4) is 5.75 Å². The van der Waals surface area contributed by atoms with Gasteiger partial charge in [0.1, 0.15) is 18.0 Å². The molecule has 1 aliphatic rings. The minimum absolute atomic E-state index is 0.0227. The molecule has 28 heavy (non-hydrogen) atoms. The molecule has 1 saturated carbocycles. The van der Waals surface area contributed by atoms with Gasteiger partial charge in [0, 0.05) is 12.3 Å². The van der Waals surface area contributed by atoms with Crippen LogP contribution in [-0.2, 0) is 16.1 Å². The summed E-state index contributed by atoms with van der Waals surface area (Å²) in [6.45, 7) is 5.42. The first-order chi connectivity index (χ1) is 13.6. The van der Waals surface area contributed by atoms with Crippen LogP contribution >= 0.6 is 0 Å². The van der Waals surface area contributed by atoms with Crippen LogP contribution in [0.25, 0.3) is 0 Å². The number of amides is 1. The van der Waals surface area contributed by atoms with Crippen LogP contribution in [0.15, 0.2) is 54.6 Å². The Morgan fingerprint density at radius 2 is 1.89 bits per heavy atom. The van der Waals surface area contributed by atoms with Crippen molar-refractivity contribution in [2.75, 3.05) is 11.9 Å². The van der Waals surface area contributed by atoms with E-state index in [1.807, 2.05) is 54.6 Å². The number of benzene rings is 2. The summed E-state index contributed by atoms with van der Waals surface area (Å²) in [6, 6.07) is 17.6. The first-order valence-corrected chi connectivity index (χ1v) is 10.3. The summed E-state index contributed by atoms with van der Waals surface area (Å²) < 4.78 is 11.9. The second-order valence-electron chi connectivity index (χ2n) is 7.80. The van der Waals surface area contributed by atoms with Crippen molar-refractivity contribution in [2.24, 2.45) is 5.92 Å². The van der Waals surface area contributed by atoms with Crippen molar-refractivity contribution >= 4 is 11.6 Å². The average Bonchev–Trinajstić information content (AvgIpc) is 2.72. The van der Waals surface area contributed by atoms with Crippen LogP contribution in [-0.4, -0.2) is 18.1 Å². The van der Waals surface area contributed by atoms with Crippen molar-refractivity contribution in [1.82, 2.24) is 0 Å². The summed E-state index contributed by atoms with van der Waals surface area (Å²) in [4.78, 5) is 13.1. The predicted octanol–water partition coefficient (Wildman–Crippen LogP) is 5.58. The Balaban J connectivity index is 1.60. The highest BCUT2D eigenvalue weighted by Crippen LogP contribution is 2.36. The van der Waals surface area contributed by atoms with Gasteiger partial charge in [-0.05, 0) is 61.4 Å². The molecule has 2 atom stereocenters. The summed E-state index contributed by atoms with van der Waals surface area (Å²) in [7, 11) is 0. The molecule has 2 aromatic rings. The number of hydrogen-bond donors (Lipinski definition) is 1. The van der Waals surface area contributed by atoms with Crippen LogP contribution in [0.5, 0.6) is 5.75 Å². The molecule has 0 aliphatic heterocycles. The van der Waals surface area contributed by atoms with E-state index >= 15 is 0 Å². The molecule has 1 amide bonds. The number of rotatable bonds is 8. The number of nitrogens with one attached hydrogen (secondary N) is 1. The van der Waals surface area contributed by atoms with Crippen molar-refractivity contribution in [2.45, 2.75) is 58.2 Å². The second-order valence-corrected chi connectivity index (χ2v) is 7.80. The van der Waals surface area contributed by atoms with Gasteiger partial charge < -0.3 is 14.8 Å². The number of hydrogen-bond acceptors (Lipinski definition) is 3. The number of ether oxygens (including phenoxy) is 2. The van der Waals surface area contributed by atoms with E-state index < -0.39 is 5.60 Å². The first kappa shape index (κ1) is 20.4. The summed E-state index contributed by atoms with van der Waals surface area (Å²) in [5.41, 5.74) is 1.20. The minimum Gasteiger partial charge on any atom is -0.489 e. The van der Waals surface area contributed by atoms with Gasteiger partial charge in [0.25, 0.3) is 5.91 Å². The molecule has 2 aromatic carbocycles. The molecule has 0 unspecified atom stereocenters. The monoisotopic (exact) mass is 381 g/mol. The van der Waals surface area contributed by atoms with Crippen LogP contribution in [0.4, 0.5) is 5.69 Å². The van der Waals surface area contributed by atoms with Crippen molar-refractivity contribution in [3.63, 3.8) is 0 Å². The highest BCUT2D eigenvalue weighted by molar-refractivity contribution is 5.97. The van der Waals surface area contributed by atoms with E-state index in [1.54, 1.807) is 0 Å². The van der Waals surface area contributed by atoms with Crippen LogP contribution in [0.2, 0.25) is 0 Å². The SMILES string of the molecule is CCCO[C@]1(C(=O)Nc2ccc(OCc3ccccc3)cc2)CCC[C@@H](C)C1. The fourth-order valence-electron chi connectivity index (χ4n) is 3.82. The van der Waals surface area contributed by atoms with Crippen LogP contribution in [0, 0.1) is 5.92 Å². The lowest BCUT2D eigenvalue weighted by Gasteiger charge is -2.38. The Hall–Kier alpha value is -2.33. The molecule has 0 saturated heterocycles. The molecule has 0 radical (unpaired) electrons. The van der Waals surface area contributed by atoms with Gasteiger partial charge in [-0.3, -0.25) is 4.79 Å². The molecule has 0 aromatic heterocycles. The molecule has 0 bridgehead atoms. The maximum Gasteiger partial charge on any atom is 0.256 e. The van der Waals surface area contributed by atoms with Gasteiger partial charge >= 0.3 is 0 Å². The van der Waals surface area contributed by atoms with Gasteiger partial charge in [0.2, 0.25) is 0 Å². The maximum atomic E-state index is 13.1. The summed E-state index contributed by atoms with van der Waals surface area (Å²) >= 11 is 0. The van der Waals surface area contributed by atoms with Gasteiger partial charge in [-0.15, -0.1) is 0 Å². The fourth-order valence-corrected chi connectivity index (χ4v) is 3.82. The van der Waals surface area contributed by atoms with Gasteiger partial charge in [0.15, 0.2) is 0 Å². The van der Waals surface area contributed by atoms with Crippen molar-refractivity contribution in [1.29, 1.82) is 0 Å². The first-order valence-electron chi connectivity index (χ1n) is 10.3. The highest BCUT2D eigenvalue weighted by Gasteiger charge is 2.42. The average molecular weight is 382 g/mol. The molecule has 4 nitrogen and oxygen atoms in total. The van der Waals surface area contributed by atoms with Crippen LogP contribution < -0.4 is 10.1 Å². The predicted molar refractivity (Wildman–Crippen MR) is 112 cm³/mol. The Morgan fingerprint density at radius 3 is 2.57 bits per heavy atom. The van der Waals surface area contributed by atoms with Crippen LogP contribution in [0.1, 0.15) is 51.5 Å². The molecule has 1 N–H and O–H groups in total. The zero-order chi connectivity index (χ0) is 19.8. The standard InChI is InChI=1S/C24H31NO3/c1-3-16-28-24(15-7-8-19(2)17-24)23(26)25-21-11-13-22(14-12-21)27-18-20-9-5-4-6-10-20/h4-6,9-14,19H,3,7-8,15-18H2,1-2H3,(H,25,26)/t19-,24-/m1/s1. The van der Waals surface area contributed by atoms with Crippen molar-refractivity contribution in [3.05, 3.63) is 60.2 Å². The third-order valence-electron chi connectivity index (χ3n) is 5.31. The molecule has 0 heterocycles. The lowest BCUT2D eigenvalue weighted by molar-refractivity contribution is -0.148. The minimum atomic E-state index is -0.698.